The first-order valence-electron chi connectivity index (χ1n) is 6.94. The van der Waals surface area contributed by atoms with Crippen LogP contribution in [0.1, 0.15) is 36.0 Å². The Hall–Kier alpha value is -1.98. The second kappa shape index (κ2) is 6.65. The van der Waals surface area contributed by atoms with Crippen molar-refractivity contribution < 1.29 is 23.5 Å². The van der Waals surface area contributed by atoms with E-state index in [1.807, 2.05) is 0 Å². The number of amides is 1. The molecule has 0 bridgehead atoms. The van der Waals surface area contributed by atoms with Gasteiger partial charge in [-0.15, -0.1) is 0 Å². The molecule has 0 saturated heterocycles. The number of benzene rings is 1. The smallest absolute Gasteiger partial charge is 0.306 e. The van der Waals surface area contributed by atoms with Gasteiger partial charge in [0.2, 0.25) is 0 Å². The standard InChI is InChI=1S/C15H17F2NO3/c16-11-5-10(6-12(17)7-11)14(19)18-8-9-3-1-2-4-13(9)15(20)21/h5-7,9,13H,1-4,8H2,(H,18,19)(H,20,21). The molecule has 2 rings (SSSR count). The average molecular weight is 297 g/mol. The van der Waals surface area contributed by atoms with E-state index in [1.54, 1.807) is 0 Å². The van der Waals surface area contributed by atoms with Crippen LogP contribution in [-0.4, -0.2) is 23.5 Å². The quantitative estimate of drug-likeness (QED) is 0.897. The van der Waals surface area contributed by atoms with E-state index in [9.17, 15) is 18.4 Å². The van der Waals surface area contributed by atoms with Crippen LogP contribution in [0.5, 0.6) is 0 Å². The lowest BCUT2D eigenvalue weighted by Gasteiger charge is -2.28. The zero-order valence-corrected chi connectivity index (χ0v) is 11.4. The zero-order chi connectivity index (χ0) is 15.4. The molecule has 0 heterocycles. The van der Waals surface area contributed by atoms with Crippen LogP contribution in [0.4, 0.5) is 8.78 Å². The van der Waals surface area contributed by atoms with E-state index in [-0.39, 0.29) is 18.0 Å². The molecule has 2 N–H and O–H groups in total. The zero-order valence-electron chi connectivity index (χ0n) is 11.4. The van der Waals surface area contributed by atoms with Gasteiger partial charge in [0, 0.05) is 18.2 Å². The van der Waals surface area contributed by atoms with E-state index >= 15 is 0 Å². The number of carbonyl (C=O) groups excluding carboxylic acids is 1. The number of aliphatic carboxylic acids is 1. The first-order valence-corrected chi connectivity index (χ1v) is 6.94. The summed E-state index contributed by atoms with van der Waals surface area (Å²) < 4.78 is 26.1. The Bertz CT molecular complexity index is 527. The van der Waals surface area contributed by atoms with Crippen molar-refractivity contribution in [2.75, 3.05) is 6.54 Å². The molecule has 1 amide bonds. The molecule has 0 aromatic heterocycles. The van der Waals surface area contributed by atoms with Crippen molar-refractivity contribution in [3.8, 4) is 0 Å². The lowest BCUT2D eigenvalue weighted by Crippen LogP contribution is -2.37. The minimum absolute atomic E-state index is 0.102. The summed E-state index contributed by atoms with van der Waals surface area (Å²) in [6, 6.07) is 2.60. The van der Waals surface area contributed by atoms with E-state index in [2.05, 4.69) is 5.32 Å². The van der Waals surface area contributed by atoms with E-state index < -0.39 is 29.4 Å². The minimum Gasteiger partial charge on any atom is -0.481 e. The van der Waals surface area contributed by atoms with Crippen LogP contribution in [0.3, 0.4) is 0 Å². The summed E-state index contributed by atoms with van der Waals surface area (Å²) in [6.07, 6.45) is 3.13. The van der Waals surface area contributed by atoms with Gasteiger partial charge in [0.15, 0.2) is 0 Å². The first kappa shape index (κ1) is 15.4. The molecule has 1 aliphatic carbocycles. The highest BCUT2D eigenvalue weighted by Gasteiger charge is 2.30. The number of carboxylic acid groups (broad SMARTS) is 1. The molecule has 2 atom stereocenters. The van der Waals surface area contributed by atoms with Crippen molar-refractivity contribution >= 4 is 11.9 Å². The molecular formula is C15H17F2NO3. The summed E-state index contributed by atoms with van der Waals surface area (Å²) in [4.78, 5) is 23.0. The molecule has 21 heavy (non-hydrogen) atoms. The summed E-state index contributed by atoms with van der Waals surface area (Å²) in [6.45, 7) is 0.202. The number of halogens is 2. The van der Waals surface area contributed by atoms with Crippen molar-refractivity contribution in [1.29, 1.82) is 0 Å². The number of carboxylic acids is 1. The third kappa shape index (κ3) is 4.00. The van der Waals surface area contributed by atoms with Gasteiger partial charge in [0.05, 0.1) is 5.92 Å². The fourth-order valence-electron chi connectivity index (χ4n) is 2.79. The van der Waals surface area contributed by atoms with Crippen LogP contribution in [0.25, 0.3) is 0 Å². The van der Waals surface area contributed by atoms with E-state index in [1.165, 1.54) is 0 Å². The number of hydrogen-bond acceptors (Lipinski definition) is 2. The summed E-state index contributed by atoms with van der Waals surface area (Å²) in [5.41, 5.74) is -0.102. The highest BCUT2D eigenvalue weighted by molar-refractivity contribution is 5.94. The number of rotatable bonds is 4. The third-order valence-corrected chi connectivity index (χ3v) is 3.88. The molecule has 1 aromatic carbocycles. The Morgan fingerprint density at radius 1 is 1.14 bits per heavy atom. The molecule has 1 saturated carbocycles. The van der Waals surface area contributed by atoms with Gasteiger partial charge in [-0.3, -0.25) is 9.59 Å². The topological polar surface area (TPSA) is 66.4 Å². The maximum atomic E-state index is 13.1. The van der Waals surface area contributed by atoms with Crippen LogP contribution >= 0.6 is 0 Å². The lowest BCUT2D eigenvalue weighted by molar-refractivity contribution is -0.144. The molecule has 114 valence electrons. The Labute approximate surface area is 121 Å². The second-order valence-corrected chi connectivity index (χ2v) is 5.36. The van der Waals surface area contributed by atoms with Gasteiger partial charge in [-0.25, -0.2) is 8.78 Å². The van der Waals surface area contributed by atoms with Crippen molar-refractivity contribution in [3.05, 3.63) is 35.4 Å². The molecule has 1 fully saturated rings. The maximum Gasteiger partial charge on any atom is 0.306 e. The van der Waals surface area contributed by atoms with Crippen LogP contribution in [0, 0.1) is 23.5 Å². The van der Waals surface area contributed by atoms with Crippen LogP contribution in [0.2, 0.25) is 0 Å². The fraction of sp³-hybridized carbons (Fsp3) is 0.467. The number of hydrogen-bond donors (Lipinski definition) is 2. The molecular weight excluding hydrogens is 280 g/mol. The molecule has 6 heteroatoms. The maximum absolute atomic E-state index is 13.1. The monoisotopic (exact) mass is 297 g/mol. The van der Waals surface area contributed by atoms with Gasteiger partial charge in [0.25, 0.3) is 5.91 Å². The highest BCUT2D eigenvalue weighted by atomic mass is 19.1. The van der Waals surface area contributed by atoms with E-state index in [0.29, 0.717) is 12.5 Å². The largest absolute Gasteiger partial charge is 0.481 e. The summed E-state index contributed by atoms with van der Waals surface area (Å²) in [7, 11) is 0. The predicted octanol–water partition coefficient (Wildman–Crippen LogP) is 2.59. The molecule has 0 spiro atoms. The number of carbonyl (C=O) groups is 2. The Balaban J connectivity index is 1.98. The van der Waals surface area contributed by atoms with Crippen LogP contribution < -0.4 is 5.32 Å². The highest BCUT2D eigenvalue weighted by Crippen LogP contribution is 2.29. The van der Waals surface area contributed by atoms with Gasteiger partial charge < -0.3 is 10.4 Å². The minimum atomic E-state index is -0.856. The molecule has 0 aliphatic heterocycles. The molecule has 2 unspecified atom stereocenters. The molecule has 1 aromatic rings. The second-order valence-electron chi connectivity index (χ2n) is 5.36. The summed E-state index contributed by atoms with van der Waals surface area (Å²) >= 11 is 0. The van der Waals surface area contributed by atoms with Crippen molar-refractivity contribution in [1.82, 2.24) is 5.32 Å². The molecule has 4 nitrogen and oxygen atoms in total. The van der Waals surface area contributed by atoms with Gasteiger partial charge in [-0.05, 0) is 30.9 Å². The Morgan fingerprint density at radius 3 is 2.38 bits per heavy atom. The van der Waals surface area contributed by atoms with E-state index in [0.717, 1.165) is 31.4 Å². The van der Waals surface area contributed by atoms with Crippen molar-refractivity contribution in [2.24, 2.45) is 11.8 Å². The van der Waals surface area contributed by atoms with Gasteiger partial charge in [0.1, 0.15) is 11.6 Å². The van der Waals surface area contributed by atoms with Gasteiger partial charge >= 0.3 is 5.97 Å². The van der Waals surface area contributed by atoms with Crippen molar-refractivity contribution in [2.45, 2.75) is 25.7 Å². The number of nitrogens with one attached hydrogen (secondary N) is 1. The molecule has 1 aliphatic rings. The van der Waals surface area contributed by atoms with Gasteiger partial charge in [-0.1, -0.05) is 12.8 Å². The molecule has 0 radical (unpaired) electrons. The van der Waals surface area contributed by atoms with E-state index in [4.69, 9.17) is 5.11 Å². The van der Waals surface area contributed by atoms with Crippen LogP contribution in [-0.2, 0) is 4.79 Å². The third-order valence-electron chi connectivity index (χ3n) is 3.88. The Morgan fingerprint density at radius 2 is 1.76 bits per heavy atom. The summed E-state index contributed by atoms with van der Waals surface area (Å²) in [5.74, 6) is -3.70. The lowest BCUT2D eigenvalue weighted by atomic mass is 9.79. The van der Waals surface area contributed by atoms with Gasteiger partial charge in [-0.2, -0.15) is 0 Å². The van der Waals surface area contributed by atoms with Crippen LogP contribution in [0.15, 0.2) is 18.2 Å². The van der Waals surface area contributed by atoms with Crippen molar-refractivity contribution in [3.63, 3.8) is 0 Å². The Kier molecular flexibility index (Phi) is 4.88. The SMILES string of the molecule is O=C(NCC1CCCCC1C(=O)O)c1cc(F)cc(F)c1. The summed E-state index contributed by atoms with van der Waals surface area (Å²) in [5, 5.41) is 11.7. The average Bonchev–Trinajstić information content (AvgIpc) is 2.43. The predicted molar refractivity (Wildman–Crippen MR) is 71.8 cm³/mol. The first-order chi connectivity index (χ1) is 9.97. The fourth-order valence-corrected chi connectivity index (χ4v) is 2.79. The normalized spacial score (nSPS) is 21.8.